The Morgan fingerprint density at radius 2 is 2.00 bits per heavy atom. The van der Waals surface area contributed by atoms with E-state index < -0.39 is 30.7 Å². The summed E-state index contributed by atoms with van der Waals surface area (Å²) in [7, 11) is 0. The van der Waals surface area contributed by atoms with Crippen molar-refractivity contribution in [3.05, 3.63) is 82.2 Å². The number of aliphatic imine (C=N–C) groups is 1. The van der Waals surface area contributed by atoms with Crippen LogP contribution in [0.1, 0.15) is 80.0 Å². The van der Waals surface area contributed by atoms with Gasteiger partial charge in [-0.05, 0) is 59.2 Å². The molecular weight excluding hydrogens is 572 g/mol. The van der Waals surface area contributed by atoms with Gasteiger partial charge in [-0.3, -0.25) is 14.7 Å². The average Bonchev–Trinajstić information content (AvgIpc) is 3.58. The van der Waals surface area contributed by atoms with Crippen molar-refractivity contribution in [2.24, 2.45) is 16.5 Å². The first-order chi connectivity index (χ1) is 21.6. The lowest BCUT2D eigenvalue weighted by molar-refractivity contribution is -0.882. The zero-order chi connectivity index (χ0) is 32.1. The molecule has 0 spiro atoms. The number of phenolic OH excluding ortho intramolecular Hbond substituents is 1. The molecular formula is C35H43N4O6+. The molecule has 2 aromatic carbocycles. The number of Topliss-reactive ketones (excluding diaryl/α,β-unsaturated/α-hetero) is 1. The van der Waals surface area contributed by atoms with Crippen molar-refractivity contribution < 1.29 is 34.9 Å². The summed E-state index contributed by atoms with van der Waals surface area (Å²) in [6.07, 6.45) is 3.33. The summed E-state index contributed by atoms with van der Waals surface area (Å²) in [6, 6.07) is 10.6. The number of phenols is 1. The lowest BCUT2D eigenvalue weighted by Gasteiger charge is -2.23. The largest absolute Gasteiger partial charge is 0.504 e. The average molecular weight is 616 g/mol. The van der Waals surface area contributed by atoms with E-state index in [1.54, 1.807) is 24.3 Å². The number of nitrogens with two attached hydrogens (primary N) is 2. The highest BCUT2D eigenvalue weighted by molar-refractivity contribution is 6.08. The fourth-order valence-corrected chi connectivity index (χ4v) is 6.07. The Labute approximate surface area is 263 Å². The van der Waals surface area contributed by atoms with Crippen LogP contribution < -0.4 is 21.1 Å². The van der Waals surface area contributed by atoms with Crippen LogP contribution in [0.5, 0.6) is 11.5 Å². The normalized spacial score (nSPS) is 21.8. The number of fused-ring (bicyclic) bond motifs is 2. The van der Waals surface area contributed by atoms with Gasteiger partial charge in [0.05, 0.1) is 23.9 Å². The van der Waals surface area contributed by atoms with Gasteiger partial charge in [0.2, 0.25) is 6.23 Å². The topological polar surface area (TPSA) is 176 Å². The minimum atomic E-state index is -1.02. The number of ketones is 1. The number of carbonyl (C=O) groups excluding carboxylic acids is 1. The number of aromatic hydroxyl groups is 1. The summed E-state index contributed by atoms with van der Waals surface area (Å²) in [5, 5.41) is 41.8. The van der Waals surface area contributed by atoms with Crippen molar-refractivity contribution in [2.45, 2.75) is 89.0 Å². The summed E-state index contributed by atoms with van der Waals surface area (Å²) >= 11 is 0. The minimum Gasteiger partial charge on any atom is -0.504 e. The molecule has 3 aliphatic heterocycles. The number of hydrogen-bond donors (Lipinski definition) is 7. The van der Waals surface area contributed by atoms with Crippen LogP contribution in [0.2, 0.25) is 0 Å². The van der Waals surface area contributed by atoms with E-state index >= 15 is 0 Å². The Morgan fingerprint density at radius 3 is 2.78 bits per heavy atom. The second-order valence-electron chi connectivity index (χ2n) is 12.1. The molecule has 0 saturated heterocycles. The summed E-state index contributed by atoms with van der Waals surface area (Å²) in [5.74, 6) is 6.21. The molecule has 0 aromatic heterocycles. The molecule has 0 aliphatic carbocycles. The molecule has 10 heteroatoms. The number of aliphatic hydroxyl groups is 3. The predicted octanol–water partition coefficient (Wildman–Crippen LogP) is 1.62. The third-order valence-electron chi connectivity index (χ3n) is 8.52. The lowest BCUT2D eigenvalue weighted by atomic mass is 9.91. The van der Waals surface area contributed by atoms with Crippen molar-refractivity contribution in [3.8, 4) is 23.3 Å². The van der Waals surface area contributed by atoms with Crippen LogP contribution >= 0.6 is 0 Å². The molecule has 2 bridgehead atoms. The molecule has 10 nitrogen and oxygen atoms in total. The van der Waals surface area contributed by atoms with Crippen LogP contribution in [0.4, 0.5) is 0 Å². The maximum atomic E-state index is 12.5. The lowest BCUT2D eigenvalue weighted by Crippen LogP contribution is -3.12. The number of nitrogens with zero attached hydrogens (tertiary/aromatic N) is 1. The fourth-order valence-electron chi connectivity index (χ4n) is 6.07. The molecule has 3 heterocycles. The molecule has 5 atom stereocenters. The highest BCUT2D eigenvalue weighted by Gasteiger charge is 2.36. The van der Waals surface area contributed by atoms with Crippen LogP contribution in [-0.2, 0) is 17.6 Å². The Hall–Kier alpha value is -3.82. The van der Waals surface area contributed by atoms with Gasteiger partial charge in [0.15, 0.2) is 11.5 Å². The predicted molar refractivity (Wildman–Crippen MR) is 170 cm³/mol. The van der Waals surface area contributed by atoms with Gasteiger partial charge in [-0.2, -0.15) is 0 Å². The van der Waals surface area contributed by atoms with Crippen molar-refractivity contribution >= 4 is 11.5 Å². The molecule has 3 aliphatic rings. The number of rotatable bonds is 12. The zero-order valence-electron chi connectivity index (χ0n) is 25.6. The Kier molecular flexibility index (Phi) is 10.5. The number of aryl methyl sites for hydroxylation is 1. The van der Waals surface area contributed by atoms with Crippen LogP contribution in [0.3, 0.4) is 0 Å². The second kappa shape index (κ2) is 14.5. The third-order valence-corrected chi connectivity index (χ3v) is 8.52. The molecule has 0 radical (unpaired) electrons. The van der Waals surface area contributed by atoms with Gasteiger partial charge in [0.1, 0.15) is 36.8 Å². The van der Waals surface area contributed by atoms with E-state index in [9.17, 15) is 25.2 Å². The SMILES string of the molecule is CCCC(O)CC(O)CC(=O)CCc1ccc(O)c(OC2CC#CC(O)c3ccc(C(N)N)cc3CC3=CN=C4C[NH+]2C=C34)c1. The van der Waals surface area contributed by atoms with Gasteiger partial charge in [-0.15, -0.1) is 0 Å². The van der Waals surface area contributed by atoms with Crippen molar-refractivity contribution in [1.82, 2.24) is 0 Å². The van der Waals surface area contributed by atoms with Crippen molar-refractivity contribution in [3.63, 3.8) is 0 Å². The van der Waals surface area contributed by atoms with Gasteiger partial charge in [0.25, 0.3) is 0 Å². The number of aliphatic hydroxyl groups excluding tert-OH is 3. The van der Waals surface area contributed by atoms with Gasteiger partial charge in [-0.25, -0.2) is 0 Å². The summed E-state index contributed by atoms with van der Waals surface area (Å²) in [4.78, 5) is 18.2. The first-order valence-electron chi connectivity index (χ1n) is 15.6. The molecule has 0 saturated carbocycles. The number of carbonyl (C=O) groups is 1. The van der Waals surface area contributed by atoms with Gasteiger partial charge < -0.3 is 36.6 Å². The van der Waals surface area contributed by atoms with Crippen LogP contribution in [-0.4, -0.2) is 56.9 Å². The monoisotopic (exact) mass is 615 g/mol. The molecule has 5 unspecified atom stereocenters. The molecule has 9 N–H and O–H groups in total. The minimum absolute atomic E-state index is 0.00564. The van der Waals surface area contributed by atoms with Gasteiger partial charge >= 0.3 is 0 Å². The highest BCUT2D eigenvalue weighted by atomic mass is 16.5. The Bertz CT molecular complexity index is 1570. The first kappa shape index (κ1) is 32.6. The smallest absolute Gasteiger partial charge is 0.247 e. The molecule has 5 rings (SSSR count). The number of benzene rings is 2. The standard InChI is InChI=1S/C35H42N4O6/c1-2-4-25(40)16-27(42)17-26(41)10-7-21-8-12-32(44)33(13-21)45-34-6-3-5-31(43)28-11-9-22(35(36)37)14-23(28)15-24-18-38-30-20-39(34)19-29(24)30/h8-9,11-14,18-19,25,27,31,34-35,40,42-44H,2,4,6-7,10,15-17,20,36-37H2,1H3/p+1. The Morgan fingerprint density at radius 1 is 1.18 bits per heavy atom. The van der Waals surface area contributed by atoms with E-state index in [0.29, 0.717) is 31.4 Å². The fraction of sp³-hybridized carbons (Fsp3) is 0.429. The third kappa shape index (κ3) is 8.07. The van der Waals surface area contributed by atoms with E-state index in [4.69, 9.17) is 16.2 Å². The van der Waals surface area contributed by atoms with Gasteiger partial charge in [-0.1, -0.05) is 49.5 Å². The van der Waals surface area contributed by atoms with E-state index in [0.717, 1.165) is 44.9 Å². The summed E-state index contributed by atoms with van der Waals surface area (Å²) in [5.41, 5.74) is 18.0. The second-order valence-corrected chi connectivity index (χ2v) is 12.1. The van der Waals surface area contributed by atoms with Crippen molar-refractivity contribution in [1.29, 1.82) is 0 Å². The number of quaternary nitrogens is 1. The van der Waals surface area contributed by atoms with Crippen LogP contribution in [0.15, 0.2) is 64.9 Å². The van der Waals surface area contributed by atoms with Gasteiger partial charge in [0, 0.05) is 25.5 Å². The van der Waals surface area contributed by atoms with E-state index in [1.807, 2.05) is 25.3 Å². The summed E-state index contributed by atoms with van der Waals surface area (Å²) < 4.78 is 6.38. The Balaban J connectivity index is 1.31. The molecule has 238 valence electrons. The van der Waals surface area contributed by atoms with Crippen molar-refractivity contribution in [2.75, 3.05) is 6.54 Å². The quantitative estimate of drug-likeness (QED) is 0.139. The maximum absolute atomic E-state index is 12.5. The molecule has 45 heavy (non-hydrogen) atoms. The molecule has 2 aromatic rings. The molecule has 0 fully saturated rings. The van der Waals surface area contributed by atoms with Crippen LogP contribution in [0.25, 0.3) is 0 Å². The van der Waals surface area contributed by atoms with E-state index in [-0.39, 0.29) is 43.0 Å². The maximum Gasteiger partial charge on any atom is 0.247 e. The summed E-state index contributed by atoms with van der Waals surface area (Å²) in [6.45, 7) is 2.54. The molecule has 0 amide bonds. The van der Waals surface area contributed by atoms with E-state index in [1.165, 1.54) is 0 Å². The highest BCUT2D eigenvalue weighted by Crippen LogP contribution is 2.31. The number of nitrogens with one attached hydrogen (secondary N) is 1. The zero-order valence-corrected chi connectivity index (χ0v) is 25.6. The van der Waals surface area contributed by atoms with Crippen LogP contribution in [0, 0.1) is 11.8 Å². The number of ether oxygens (including phenoxy) is 1. The first-order valence-corrected chi connectivity index (χ1v) is 15.6. The number of allylic oxidation sites excluding steroid dienone is 1. The number of hydrogen-bond acceptors (Lipinski definition) is 9. The van der Waals surface area contributed by atoms with E-state index in [2.05, 4.69) is 23.0 Å².